The normalized spacial score (nSPS) is 17.1. The van der Waals surface area contributed by atoms with Gasteiger partial charge in [0.25, 0.3) is 0 Å². The van der Waals surface area contributed by atoms with E-state index in [2.05, 4.69) is 15.0 Å². The smallest absolute Gasteiger partial charge is 0.326 e. The maximum Gasteiger partial charge on any atom is 0.326 e. The minimum absolute atomic E-state index is 0.119. The molecule has 1 atom stereocenters. The first kappa shape index (κ1) is 16.0. The molecule has 1 amide bonds. The van der Waals surface area contributed by atoms with Crippen molar-refractivity contribution in [1.82, 2.24) is 19.9 Å². The van der Waals surface area contributed by atoms with Gasteiger partial charge in [-0.2, -0.15) is 0 Å². The molecule has 1 unspecified atom stereocenters. The van der Waals surface area contributed by atoms with Gasteiger partial charge < -0.3 is 15.0 Å². The van der Waals surface area contributed by atoms with Crippen molar-refractivity contribution in [3.05, 3.63) is 28.8 Å². The highest BCUT2D eigenvalue weighted by Gasteiger charge is 2.35. The lowest BCUT2D eigenvalue weighted by molar-refractivity contribution is -0.151. The molecule has 3 rings (SSSR count). The van der Waals surface area contributed by atoms with Gasteiger partial charge in [0.05, 0.1) is 36.4 Å². The third-order valence-electron chi connectivity index (χ3n) is 3.64. The van der Waals surface area contributed by atoms with Crippen LogP contribution in [0.5, 0.6) is 0 Å². The molecule has 1 aliphatic heterocycles. The summed E-state index contributed by atoms with van der Waals surface area (Å²) < 4.78 is 0.930. The third-order valence-corrected chi connectivity index (χ3v) is 5.59. The van der Waals surface area contributed by atoms with Crippen molar-refractivity contribution in [2.45, 2.75) is 36.7 Å². The van der Waals surface area contributed by atoms with Gasteiger partial charge in [0.1, 0.15) is 10.4 Å². The number of aromatic amines is 1. The Labute approximate surface area is 141 Å². The van der Waals surface area contributed by atoms with E-state index < -0.39 is 12.0 Å². The van der Waals surface area contributed by atoms with E-state index in [-0.39, 0.29) is 25.3 Å². The molecule has 0 aromatic carbocycles. The van der Waals surface area contributed by atoms with Gasteiger partial charge >= 0.3 is 5.97 Å². The van der Waals surface area contributed by atoms with E-state index in [1.165, 1.54) is 22.6 Å². The number of nitrogens with one attached hydrogen (secondary N) is 1. The number of carboxylic acid groups (broad SMARTS) is 1. The Morgan fingerprint density at radius 3 is 3.13 bits per heavy atom. The van der Waals surface area contributed by atoms with Crippen LogP contribution in [0.15, 0.2) is 16.0 Å². The summed E-state index contributed by atoms with van der Waals surface area (Å²) >= 11 is 3.14. The summed E-state index contributed by atoms with van der Waals surface area (Å²) in [6.07, 6.45) is 1.88. The Morgan fingerprint density at radius 2 is 2.39 bits per heavy atom. The van der Waals surface area contributed by atoms with Crippen molar-refractivity contribution in [3.63, 3.8) is 0 Å². The number of imidazole rings is 1. The third kappa shape index (κ3) is 3.40. The number of amides is 1. The summed E-state index contributed by atoms with van der Waals surface area (Å²) in [5, 5.41) is 11.3. The average Bonchev–Trinajstić information content (AvgIpc) is 3.14. The zero-order chi connectivity index (χ0) is 16.4. The van der Waals surface area contributed by atoms with Crippen LogP contribution >= 0.6 is 23.1 Å². The Balaban J connectivity index is 1.75. The fraction of sp³-hybridized carbons (Fsp3) is 0.429. The average molecular weight is 352 g/mol. The second kappa shape index (κ2) is 6.71. The number of thiazole rings is 1. The van der Waals surface area contributed by atoms with Crippen molar-refractivity contribution in [2.24, 2.45) is 0 Å². The van der Waals surface area contributed by atoms with Crippen LogP contribution in [-0.4, -0.2) is 48.6 Å². The minimum Gasteiger partial charge on any atom is -0.480 e. The molecule has 0 spiro atoms. The van der Waals surface area contributed by atoms with Gasteiger partial charge in [-0.15, -0.1) is 11.3 Å². The highest BCUT2D eigenvalue weighted by Crippen LogP contribution is 2.24. The van der Waals surface area contributed by atoms with Crippen molar-refractivity contribution in [1.29, 1.82) is 0 Å². The largest absolute Gasteiger partial charge is 0.480 e. The van der Waals surface area contributed by atoms with Gasteiger partial charge in [-0.25, -0.2) is 14.8 Å². The SMILES string of the molecule is CCSc1nc(CC(=O)N2Cc3[nH]cnc3CC2C(=O)O)cs1. The van der Waals surface area contributed by atoms with Gasteiger partial charge in [-0.05, 0) is 5.75 Å². The standard InChI is InChI=1S/C14H16N4O3S2/c1-2-22-14-17-8(6-23-14)3-12(19)18-5-10-9(15-7-16-10)4-11(18)13(20)21/h6-7,11H,2-5H2,1H3,(H,15,16)(H,20,21). The molecular formula is C14H16N4O3S2. The predicted molar refractivity (Wildman–Crippen MR) is 86.5 cm³/mol. The van der Waals surface area contributed by atoms with Gasteiger partial charge in [-0.3, -0.25) is 4.79 Å². The fourth-order valence-corrected chi connectivity index (χ4v) is 4.28. The zero-order valence-corrected chi connectivity index (χ0v) is 14.1. The van der Waals surface area contributed by atoms with E-state index in [0.29, 0.717) is 5.69 Å². The Kier molecular flexibility index (Phi) is 4.67. The summed E-state index contributed by atoms with van der Waals surface area (Å²) in [6, 6.07) is -0.874. The molecule has 0 radical (unpaired) electrons. The quantitative estimate of drug-likeness (QED) is 0.792. The summed E-state index contributed by atoms with van der Waals surface area (Å²) in [7, 11) is 0. The van der Waals surface area contributed by atoms with E-state index in [0.717, 1.165) is 21.5 Å². The lowest BCUT2D eigenvalue weighted by atomic mass is 10.0. The van der Waals surface area contributed by atoms with Crippen LogP contribution in [0, 0.1) is 0 Å². The predicted octanol–water partition coefficient (Wildman–Crippen LogP) is 1.56. The summed E-state index contributed by atoms with van der Waals surface area (Å²) in [5.41, 5.74) is 2.21. The second-order valence-corrected chi connectivity index (χ2v) is 7.49. The van der Waals surface area contributed by atoms with E-state index in [9.17, 15) is 14.7 Å². The van der Waals surface area contributed by atoms with Gasteiger partial charge in [-0.1, -0.05) is 18.7 Å². The fourth-order valence-electron chi connectivity index (χ4n) is 2.53. The topological polar surface area (TPSA) is 99.2 Å². The number of H-pyrrole nitrogens is 1. The molecule has 2 aromatic rings. The molecule has 0 saturated heterocycles. The molecule has 7 nitrogen and oxygen atoms in total. The Hall–Kier alpha value is -1.87. The van der Waals surface area contributed by atoms with Crippen LogP contribution in [0.3, 0.4) is 0 Å². The van der Waals surface area contributed by atoms with Crippen LogP contribution in [0.25, 0.3) is 0 Å². The molecule has 3 heterocycles. The lowest BCUT2D eigenvalue weighted by Gasteiger charge is -2.32. The zero-order valence-electron chi connectivity index (χ0n) is 12.5. The number of carbonyl (C=O) groups is 2. The van der Waals surface area contributed by atoms with Crippen LogP contribution in [0.1, 0.15) is 24.0 Å². The van der Waals surface area contributed by atoms with Crippen molar-refractivity contribution in [3.8, 4) is 0 Å². The van der Waals surface area contributed by atoms with Crippen LogP contribution < -0.4 is 0 Å². The number of hydrogen-bond acceptors (Lipinski definition) is 6. The molecule has 2 aromatic heterocycles. The molecular weight excluding hydrogens is 336 g/mol. The maximum atomic E-state index is 12.6. The van der Waals surface area contributed by atoms with E-state index in [4.69, 9.17) is 0 Å². The number of hydrogen-bond donors (Lipinski definition) is 2. The highest BCUT2D eigenvalue weighted by molar-refractivity contribution is 8.00. The molecule has 0 saturated carbocycles. The van der Waals surface area contributed by atoms with Crippen molar-refractivity contribution in [2.75, 3.05) is 5.75 Å². The van der Waals surface area contributed by atoms with Crippen molar-refractivity contribution >= 4 is 35.0 Å². The highest BCUT2D eigenvalue weighted by atomic mass is 32.2. The van der Waals surface area contributed by atoms with Crippen LogP contribution in [-0.2, 0) is 29.0 Å². The monoisotopic (exact) mass is 352 g/mol. The Morgan fingerprint density at radius 1 is 1.57 bits per heavy atom. The summed E-state index contributed by atoms with van der Waals surface area (Å²) in [4.78, 5) is 37.0. The van der Waals surface area contributed by atoms with E-state index in [1.54, 1.807) is 11.8 Å². The lowest BCUT2D eigenvalue weighted by Crippen LogP contribution is -2.49. The number of rotatable bonds is 5. The van der Waals surface area contributed by atoms with E-state index in [1.807, 2.05) is 12.3 Å². The molecule has 0 bridgehead atoms. The second-order valence-electron chi connectivity index (χ2n) is 5.12. The molecule has 1 aliphatic rings. The first-order valence-corrected chi connectivity index (χ1v) is 9.05. The first-order valence-electron chi connectivity index (χ1n) is 7.19. The molecule has 0 aliphatic carbocycles. The van der Waals surface area contributed by atoms with Crippen LogP contribution in [0.2, 0.25) is 0 Å². The van der Waals surface area contributed by atoms with Gasteiger partial charge in [0.2, 0.25) is 5.91 Å². The van der Waals surface area contributed by atoms with Crippen LogP contribution in [0.4, 0.5) is 0 Å². The van der Waals surface area contributed by atoms with Gasteiger partial charge in [0.15, 0.2) is 0 Å². The molecule has 0 fully saturated rings. The van der Waals surface area contributed by atoms with Gasteiger partial charge in [0, 0.05) is 11.8 Å². The number of aliphatic carboxylic acids is 1. The maximum absolute atomic E-state index is 12.6. The summed E-state index contributed by atoms with van der Waals surface area (Å²) in [5.74, 6) is -0.306. The summed E-state index contributed by atoms with van der Waals surface area (Å²) in [6.45, 7) is 2.29. The molecule has 23 heavy (non-hydrogen) atoms. The number of nitrogens with zero attached hydrogens (tertiary/aromatic N) is 3. The number of carbonyl (C=O) groups excluding carboxylic acids is 1. The van der Waals surface area contributed by atoms with E-state index >= 15 is 0 Å². The molecule has 9 heteroatoms. The number of aromatic nitrogens is 3. The first-order chi connectivity index (χ1) is 11.1. The minimum atomic E-state index is -1.01. The molecule has 2 N–H and O–H groups in total. The van der Waals surface area contributed by atoms with Crippen molar-refractivity contribution < 1.29 is 14.7 Å². The molecule has 122 valence electrons. The Bertz CT molecular complexity index is 727. The number of carboxylic acids is 1. The number of thioether (sulfide) groups is 1. The number of fused-ring (bicyclic) bond motifs is 1.